The van der Waals surface area contributed by atoms with Crippen LogP contribution in [0.25, 0.3) is 0 Å². The van der Waals surface area contributed by atoms with Crippen molar-refractivity contribution in [3.8, 4) is 0 Å². The van der Waals surface area contributed by atoms with Crippen molar-refractivity contribution in [1.82, 2.24) is 5.32 Å². The number of nitrogens with one attached hydrogen (secondary N) is 1. The smallest absolute Gasteiger partial charge is 0.126 e. The molecule has 0 saturated heterocycles. The molecule has 2 heteroatoms. The molecule has 1 aromatic carbocycles. The van der Waals surface area contributed by atoms with E-state index < -0.39 is 0 Å². The van der Waals surface area contributed by atoms with Crippen LogP contribution in [0.2, 0.25) is 0 Å². The third-order valence-corrected chi connectivity index (χ3v) is 4.89. The number of hydrogen-bond acceptors (Lipinski definition) is 1. The zero-order chi connectivity index (χ0) is 13.9. The van der Waals surface area contributed by atoms with E-state index in [9.17, 15) is 4.39 Å². The van der Waals surface area contributed by atoms with Gasteiger partial charge >= 0.3 is 0 Å². The van der Waals surface area contributed by atoms with Crippen LogP contribution in [0.5, 0.6) is 0 Å². The Hall–Kier alpha value is -0.890. The van der Waals surface area contributed by atoms with Gasteiger partial charge in [0.25, 0.3) is 0 Å². The highest BCUT2D eigenvalue weighted by Crippen LogP contribution is 2.40. The van der Waals surface area contributed by atoms with Crippen LogP contribution in [0.1, 0.15) is 63.1 Å². The summed E-state index contributed by atoms with van der Waals surface area (Å²) in [5.41, 5.74) is 2.25. The van der Waals surface area contributed by atoms with Crippen molar-refractivity contribution in [1.29, 1.82) is 0 Å². The Morgan fingerprint density at radius 2 is 2.00 bits per heavy atom. The molecule has 2 rings (SSSR count). The molecule has 19 heavy (non-hydrogen) atoms. The van der Waals surface area contributed by atoms with Crippen molar-refractivity contribution < 1.29 is 4.39 Å². The maximum absolute atomic E-state index is 13.6. The first kappa shape index (κ1) is 14.5. The molecule has 0 spiro atoms. The van der Waals surface area contributed by atoms with Gasteiger partial charge < -0.3 is 5.32 Å². The Morgan fingerprint density at radius 1 is 1.32 bits per heavy atom. The van der Waals surface area contributed by atoms with Gasteiger partial charge in [-0.2, -0.15) is 0 Å². The fraction of sp³-hybridized carbons (Fsp3) is 0.647. The summed E-state index contributed by atoms with van der Waals surface area (Å²) in [4.78, 5) is 0. The van der Waals surface area contributed by atoms with Gasteiger partial charge in [0.1, 0.15) is 5.82 Å². The van der Waals surface area contributed by atoms with E-state index in [1.807, 2.05) is 19.1 Å². The van der Waals surface area contributed by atoms with Crippen LogP contribution >= 0.6 is 0 Å². The maximum Gasteiger partial charge on any atom is 0.126 e. The van der Waals surface area contributed by atoms with E-state index in [4.69, 9.17) is 0 Å². The number of aryl methyl sites for hydroxylation is 1. The predicted octanol–water partition coefficient (Wildman–Crippen LogP) is 4.76. The molecule has 0 bridgehead atoms. The summed E-state index contributed by atoms with van der Waals surface area (Å²) in [5, 5.41) is 3.61. The Morgan fingerprint density at radius 3 is 2.58 bits per heavy atom. The van der Waals surface area contributed by atoms with Gasteiger partial charge in [0.15, 0.2) is 0 Å². The Labute approximate surface area is 116 Å². The highest BCUT2D eigenvalue weighted by atomic mass is 19.1. The molecule has 0 heterocycles. The van der Waals surface area contributed by atoms with Gasteiger partial charge in [-0.15, -0.1) is 0 Å². The first-order chi connectivity index (χ1) is 9.06. The van der Waals surface area contributed by atoms with E-state index in [0.29, 0.717) is 5.41 Å². The monoisotopic (exact) mass is 263 g/mol. The SMILES string of the molecule is CCC1(CNC(C)c2ccc(C)c(F)c2)CCCC1. The summed E-state index contributed by atoms with van der Waals surface area (Å²) in [5.74, 6) is -0.0998. The lowest BCUT2D eigenvalue weighted by Gasteiger charge is -2.30. The van der Waals surface area contributed by atoms with E-state index >= 15 is 0 Å². The summed E-state index contributed by atoms with van der Waals surface area (Å²) in [6, 6.07) is 5.79. The largest absolute Gasteiger partial charge is 0.310 e. The summed E-state index contributed by atoms with van der Waals surface area (Å²) in [7, 11) is 0. The minimum absolute atomic E-state index is 0.0998. The van der Waals surface area contributed by atoms with Gasteiger partial charge in [-0.25, -0.2) is 4.39 Å². The van der Waals surface area contributed by atoms with Crippen LogP contribution in [0.15, 0.2) is 18.2 Å². The zero-order valence-electron chi connectivity index (χ0n) is 12.4. The topological polar surface area (TPSA) is 12.0 Å². The number of benzene rings is 1. The molecule has 1 aliphatic carbocycles. The Balaban J connectivity index is 1.96. The molecule has 0 amide bonds. The molecule has 1 nitrogen and oxygen atoms in total. The standard InChI is InChI=1S/C17H26FN/c1-4-17(9-5-6-10-17)12-19-14(3)15-8-7-13(2)16(18)11-15/h7-8,11,14,19H,4-6,9-10,12H2,1-3H3. The second-order valence-electron chi connectivity index (χ2n) is 6.17. The van der Waals surface area contributed by atoms with Gasteiger partial charge in [0.2, 0.25) is 0 Å². The van der Waals surface area contributed by atoms with Crippen molar-refractivity contribution in [2.45, 2.75) is 58.9 Å². The van der Waals surface area contributed by atoms with E-state index in [0.717, 1.165) is 17.7 Å². The van der Waals surface area contributed by atoms with Gasteiger partial charge in [-0.05, 0) is 55.7 Å². The Bertz CT molecular complexity index is 421. The highest BCUT2D eigenvalue weighted by Gasteiger charge is 2.31. The van der Waals surface area contributed by atoms with E-state index in [2.05, 4.69) is 19.2 Å². The lowest BCUT2D eigenvalue weighted by molar-refractivity contribution is 0.258. The molecule has 1 fully saturated rings. The number of rotatable bonds is 5. The van der Waals surface area contributed by atoms with Crippen molar-refractivity contribution in [2.24, 2.45) is 5.41 Å². The Kier molecular flexibility index (Phi) is 4.62. The van der Waals surface area contributed by atoms with Crippen LogP contribution in [-0.4, -0.2) is 6.54 Å². The molecule has 1 atom stereocenters. The summed E-state index contributed by atoms with van der Waals surface area (Å²) in [6.45, 7) is 7.29. The molecule has 1 aromatic rings. The number of halogens is 1. The van der Waals surface area contributed by atoms with Crippen LogP contribution in [0.4, 0.5) is 4.39 Å². The van der Waals surface area contributed by atoms with Crippen LogP contribution < -0.4 is 5.32 Å². The van der Waals surface area contributed by atoms with E-state index in [-0.39, 0.29) is 11.9 Å². The van der Waals surface area contributed by atoms with Crippen molar-refractivity contribution in [2.75, 3.05) is 6.54 Å². The fourth-order valence-corrected chi connectivity index (χ4v) is 3.15. The predicted molar refractivity (Wildman–Crippen MR) is 78.7 cm³/mol. The van der Waals surface area contributed by atoms with Crippen LogP contribution in [-0.2, 0) is 0 Å². The van der Waals surface area contributed by atoms with Crippen LogP contribution in [0.3, 0.4) is 0 Å². The zero-order valence-corrected chi connectivity index (χ0v) is 12.4. The first-order valence-corrected chi connectivity index (χ1v) is 7.56. The molecule has 1 N–H and O–H groups in total. The van der Waals surface area contributed by atoms with Crippen LogP contribution in [0, 0.1) is 18.2 Å². The summed E-state index contributed by atoms with van der Waals surface area (Å²) in [6.07, 6.45) is 6.65. The normalized spacial score (nSPS) is 19.6. The molecular weight excluding hydrogens is 237 g/mol. The average molecular weight is 263 g/mol. The molecule has 1 saturated carbocycles. The van der Waals surface area contributed by atoms with E-state index in [1.54, 1.807) is 6.07 Å². The first-order valence-electron chi connectivity index (χ1n) is 7.56. The molecule has 0 radical (unpaired) electrons. The molecule has 0 aromatic heterocycles. The summed E-state index contributed by atoms with van der Waals surface area (Å²) < 4.78 is 13.6. The van der Waals surface area contributed by atoms with Crippen molar-refractivity contribution in [3.63, 3.8) is 0 Å². The average Bonchev–Trinajstić information content (AvgIpc) is 2.89. The molecular formula is C17H26FN. The highest BCUT2D eigenvalue weighted by molar-refractivity contribution is 5.25. The van der Waals surface area contributed by atoms with Gasteiger partial charge in [-0.1, -0.05) is 31.9 Å². The molecule has 0 aliphatic heterocycles. The minimum atomic E-state index is -0.0998. The van der Waals surface area contributed by atoms with E-state index in [1.165, 1.54) is 32.1 Å². The molecule has 106 valence electrons. The third-order valence-electron chi connectivity index (χ3n) is 4.89. The molecule has 1 unspecified atom stereocenters. The van der Waals surface area contributed by atoms with Crippen molar-refractivity contribution in [3.05, 3.63) is 35.1 Å². The lowest BCUT2D eigenvalue weighted by Crippen LogP contribution is -2.33. The molecule has 1 aliphatic rings. The van der Waals surface area contributed by atoms with Gasteiger partial charge in [-0.3, -0.25) is 0 Å². The van der Waals surface area contributed by atoms with Gasteiger partial charge in [0.05, 0.1) is 0 Å². The lowest BCUT2D eigenvalue weighted by atomic mass is 9.83. The second-order valence-corrected chi connectivity index (χ2v) is 6.17. The second kappa shape index (κ2) is 6.04. The minimum Gasteiger partial charge on any atom is -0.310 e. The fourth-order valence-electron chi connectivity index (χ4n) is 3.15. The summed E-state index contributed by atoms with van der Waals surface area (Å²) >= 11 is 0. The quantitative estimate of drug-likeness (QED) is 0.808. The van der Waals surface area contributed by atoms with Gasteiger partial charge in [0, 0.05) is 12.6 Å². The maximum atomic E-state index is 13.6. The number of hydrogen-bond donors (Lipinski definition) is 1. The third kappa shape index (κ3) is 3.36. The van der Waals surface area contributed by atoms with Crippen molar-refractivity contribution >= 4 is 0 Å².